The topological polar surface area (TPSA) is 162 Å². The van der Waals surface area contributed by atoms with Crippen LogP contribution in [-0.4, -0.2) is 131 Å². The second-order valence-electron chi connectivity index (χ2n) is 17.9. The molecule has 2 aliphatic heterocycles. The average Bonchev–Trinajstić information content (AvgIpc) is 3.56. The maximum Gasteiger partial charge on any atom is 0.434 e. The number of fused-ring (bicyclic) bond motifs is 5. The highest BCUT2D eigenvalue weighted by atomic mass is 19.4. The van der Waals surface area contributed by atoms with Crippen LogP contribution in [0.4, 0.5) is 19.0 Å². The molecule has 8 rings (SSSR count). The van der Waals surface area contributed by atoms with Crippen LogP contribution in [0.5, 0.6) is 11.5 Å². The fourth-order valence-corrected chi connectivity index (χ4v) is 10.6. The zero-order valence-electron chi connectivity index (χ0n) is 34.7. The summed E-state index contributed by atoms with van der Waals surface area (Å²) in [6.45, 7) is 7.39. The summed E-state index contributed by atoms with van der Waals surface area (Å²) >= 11 is 0. The number of hydrogen-bond donors (Lipinski definition) is 5. The minimum atomic E-state index is -4.66. The van der Waals surface area contributed by atoms with Gasteiger partial charge in [-0.3, -0.25) is 19.6 Å². The van der Waals surface area contributed by atoms with E-state index in [-0.39, 0.29) is 36.5 Å². The van der Waals surface area contributed by atoms with Crippen molar-refractivity contribution in [3.63, 3.8) is 0 Å². The lowest BCUT2D eigenvalue weighted by molar-refractivity contribution is -0.148. The molecular weight excluding hydrogens is 794 g/mol. The van der Waals surface area contributed by atoms with Gasteiger partial charge in [-0.25, -0.2) is 4.98 Å². The second kappa shape index (κ2) is 18.7. The number of halogens is 3. The van der Waals surface area contributed by atoms with Gasteiger partial charge in [-0.05, 0) is 109 Å². The summed E-state index contributed by atoms with van der Waals surface area (Å²) in [6, 6.07) is 13.4. The standard InChI is InChI=1S/C45H59F3N6O7/c1-44-14-13-33-32-10-8-31(21-29(32)5-9-34(33)35(44)11-12-39(44)55)59-20-2-15-50-41(56)27-60-30-6-3-28(4-7-30)24-53-16-18-54(19-17-53)25-37-43(58)42(57)36(26-61-37)51-40-23-49-22-38(52-40)45(46,47)48/h3-4,6-8,10,21-23,33-37,39,42-43,55,57-58H,2,5,9,11-20,24-27H2,1H3,(H,50,56)(H,51,52)/t33-,34-,35+,36+,37-,39+,42-,43+,44+/m1/s1. The number of amides is 1. The number of carbonyl (C=O) groups is 1. The van der Waals surface area contributed by atoms with Crippen molar-refractivity contribution < 1.29 is 47.5 Å². The van der Waals surface area contributed by atoms with Gasteiger partial charge >= 0.3 is 6.18 Å². The number of rotatable bonds is 14. The molecule has 3 aliphatic carbocycles. The van der Waals surface area contributed by atoms with Gasteiger partial charge in [0.05, 0.1) is 43.9 Å². The summed E-state index contributed by atoms with van der Waals surface area (Å²) in [5, 5.41) is 37.9. The number of piperazine rings is 1. The number of aliphatic hydroxyl groups excluding tert-OH is 3. The Labute approximate surface area is 355 Å². The molecule has 1 amide bonds. The lowest BCUT2D eigenvalue weighted by Gasteiger charge is -2.50. The van der Waals surface area contributed by atoms with E-state index in [4.69, 9.17) is 14.2 Å². The summed E-state index contributed by atoms with van der Waals surface area (Å²) in [6.07, 6.45) is 1.05. The molecule has 332 valence electrons. The zero-order valence-corrected chi connectivity index (χ0v) is 34.7. The summed E-state index contributed by atoms with van der Waals surface area (Å²) in [5.41, 5.74) is 2.92. The van der Waals surface area contributed by atoms with Gasteiger partial charge in [0, 0.05) is 45.8 Å². The average molecular weight is 853 g/mol. The Balaban J connectivity index is 0.687. The normalized spacial score (nSPS) is 30.5. The van der Waals surface area contributed by atoms with E-state index in [1.54, 1.807) is 0 Å². The van der Waals surface area contributed by atoms with E-state index in [0.29, 0.717) is 55.8 Å². The van der Waals surface area contributed by atoms with E-state index in [0.717, 1.165) is 82.3 Å². The smallest absolute Gasteiger partial charge is 0.434 e. The molecule has 5 N–H and O–H groups in total. The third-order valence-corrected chi connectivity index (χ3v) is 14.1. The molecular formula is C45H59F3N6O7. The van der Waals surface area contributed by atoms with Crippen molar-refractivity contribution in [2.45, 2.75) is 101 Å². The van der Waals surface area contributed by atoms with Gasteiger partial charge in [-0.1, -0.05) is 25.1 Å². The number of ether oxygens (including phenoxy) is 3. The lowest BCUT2D eigenvalue weighted by atomic mass is 9.55. The molecule has 3 aromatic rings. The highest BCUT2D eigenvalue weighted by Crippen LogP contribution is 2.61. The minimum Gasteiger partial charge on any atom is -0.494 e. The predicted octanol–water partition coefficient (Wildman–Crippen LogP) is 4.40. The third kappa shape index (κ3) is 10.1. The molecule has 2 aromatic carbocycles. The van der Waals surface area contributed by atoms with Crippen LogP contribution in [0.1, 0.15) is 73.8 Å². The molecule has 61 heavy (non-hydrogen) atoms. The van der Waals surface area contributed by atoms with Crippen LogP contribution >= 0.6 is 0 Å². The Hall–Kier alpha value is -4.06. The van der Waals surface area contributed by atoms with Gasteiger partial charge in [0.1, 0.15) is 29.5 Å². The minimum absolute atomic E-state index is 0.0210. The fraction of sp³-hybridized carbons (Fsp3) is 0.622. The fourth-order valence-electron chi connectivity index (χ4n) is 10.6. The maximum atomic E-state index is 13.0. The summed E-state index contributed by atoms with van der Waals surface area (Å²) in [7, 11) is 0. The first-order valence-electron chi connectivity index (χ1n) is 21.8. The molecule has 9 atom stereocenters. The maximum absolute atomic E-state index is 13.0. The lowest BCUT2D eigenvalue weighted by Crippen LogP contribution is -2.59. The van der Waals surface area contributed by atoms with E-state index < -0.39 is 36.2 Å². The summed E-state index contributed by atoms with van der Waals surface area (Å²) in [4.78, 5) is 24.1. The summed E-state index contributed by atoms with van der Waals surface area (Å²) < 4.78 is 56.8. The van der Waals surface area contributed by atoms with Gasteiger partial charge in [0.15, 0.2) is 12.3 Å². The SMILES string of the molecule is C[C@]12CC[C@@H]3c4ccc(OCCCNC(=O)COc5ccc(CN6CCN(C[C@H]7OC[C@H](Nc8cncc(C(F)(F)F)n8)[C@@H](O)[C@H]7O)CC6)cc5)cc4CC[C@H]3[C@@H]1CC[C@@H]2O. The molecule has 3 heterocycles. The van der Waals surface area contributed by atoms with Crippen molar-refractivity contribution >= 4 is 11.7 Å². The van der Waals surface area contributed by atoms with E-state index in [9.17, 15) is 33.3 Å². The monoisotopic (exact) mass is 852 g/mol. The van der Waals surface area contributed by atoms with Gasteiger partial charge in [-0.15, -0.1) is 0 Å². The van der Waals surface area contributed by atoms with E-state index in [1.165, 1.54) is 17.5 Å². The van der Waals surface area contributed by atoms with E-state index in [2.05, 4.69) is 55.5 Å². The number of carbonyl (C=O) groups excluding carboxylic acids is 1. The number of nitrogens with one attached hydrogen (secondary N) is 2. The Bertz CT molecular complexity index is 1950. The Morgan fingerprint density at radius 3 is 2.51 bits per heavy atom. The highest BCUT2D eigenvalue weighted by Gasteiger charge is 2.54. The Morgan fingerprint density at radius 1 is 0.951 bits per heavy atom. The summed E-state index contributed by atoms with van der Waals surface area (Å²) in [5.74, 6) is 3.02. The zero-order chi connectivity index (χ0) is 42.7. The molecule has 0 spiro atoms. The van der Waals surface area contributed by atoms with Crippen LogP contribution in [0.2, 0.25) is 0 Å². The van der Waals surface area contributed by atoms with Crippen LogP contribution in [0.15, 0.2) is 54.9 Å². The van der Waals surface area contributed by atoms with Gasteiger partial charge in [0.2, 0.25) is 0 Å². The number of nitrogens with zero attached hydrogens (tertiary/aromatic N) is 4. The van der Waals surface area contributed by atoms with Crippen molar-refractivity contribution in [1.29, 1.82) is 0 Å². The highest BCUT2D eigenvalue weighted by molar-refractivity contribution is 5.77. The predicted molar refractivity (Wildman–Crippen MR) is 220 cm³/mol. The van der Waals surface area contributed by atoms with Crippen LogP contribution in [0.25, 0.3) is 0 Å². The van der Waals surface area contributed by atoms with Crippen molar-refractivity contribution in [3.05, 3.63) is 77.2 Å². The number of anilines is 1. The van der Waals surface area contributed by atoms with Crippen molar-refractivity contribution in [1.82, 2.24) is 25.1 Å². The molecule has 4 fully saturated rings. The van der Waals surface area contributed by atoms with Gasteiger partial charge in [0.25, 0.3) is 5.91 Å². The molecule has 2 saturated heterocycles. The molecule has 2 saturated carbocycles. The van der Waals surface area contributed by atoms with Crippen LogP contribution in [0.3, 0.4) is 0 Å². The number of benzene rings is 2. The Kier molecular flexibility index (Phi) is 13.4. The largest absolute Gasteiger partial charge is 0.494 e. The molecule has 16 heteroatoms. The van der Waals surface area contributed by atoms with E-state index >= 15 is 0 Å². The number of aromatic nitrogens is 2. The van der Waals surface area contributed by atoms with Crippen molar-refractivity contribution in [2.75, 3.05) is 64.4 Å². The first-order chi connectivity index (χ1) is 29.3. The number of hydrogen-bond acceptors (Lipinski definition) is 12. The number of alkyl halides is 3. The first-order valence-corrected chi connectivity index (χ1v) is 21.8. The van der Waals surface area contributed by atoms with E-state index in [1.807, 2.05) is 24.3 Å². The number of aryl methyl sites for hydroxylation is 1. The third-order valence-electron chi connectivity index (χ3n) is 14.1. The first kappa shape index (κ1) is 43.6. The molecule has 0 radical (unpaired) electrons. The van der Waals surface area contributed by atoms with Gasteiger partial charge < -0.3 is 40.2 Å². The molecule has 1 aromatic heterocycles. The van der Waals surface area contributed by atoms with Crippen LogP contribution < -0.4 is 20.1 Å². The molecule has 5 aliphatic rings. The van der Waals surface area contributed by atoms with Crippen molar-refractivity contribution in [3.8, 4) is 11.5 Å². The van der Waals surface area contributed by atoms with Gasteiger partial charge in [-0.2, -0.15) is 13.2 Å². The quantitative estimate of drug-likeness (QED) is 0.146. The molecule has 13 nitrogen and oxygen atoms in total. The number of aliphatic hydroxyl groups is 3. The molecule has 0 unspecified atom stereocenters. The second-order valence-corrected chi connectivity index (χ2v) is 17.9. The molecule has 0 bridgehead atoms. The Morgan fingerprint density at radius 2 is 1.72 bits per heavy atom. The van der Waals surface area contributed by atoms with Crippen LogP contribution in [-0.2, 0) is 28.7 Å². The van der Waals surface area contributed by atoms with Crippen LogP contribution in [0, 0.1) is 17.3 Å². The van der Waals surface area contributed by atoms with Crippen molar-refractivity contribution in [2.24, 2.45) is 17.3 Å².